The smallest absolute Gasteiger partial charge is 0.127 e. The van der Waals surface area contributed by atoms with Crippen LogP contribution in [0.5, 0.6) is 11.5 Å². The Bertz CT molecular complexity index is 631. The molecule has 0 spiro atoms. The zero-order valence-corrected chi connectivity index (χ0v) is 14.2. The number of nitrogens with one attached hydrogen (secondary N) is 1. The van der Waals surface area contributed by atoms with E-state index in [9.17, 15) is 0 Å². The Balaban J connectivity index is 1.50. The molecule has 1 atom stereocenters. The number of ether oxygens (including phenoxy) is 1. The van der Waals surface area contributed by atoms with Crippen LogP contribution in [0.1, 0.15) is 30.9 Å². The van der Waals surface area contributed by atoms with E-state index in [0.717, 1.165) is 43.6 Å². The van der Waals surface area contributed by atoms with Crippen LogP contribution in [0.4, 0.5) is 0 Å². The van der Waals surface area contributed by atoms with E-state index in [0.29, 0.717) is 6.04 Å². The molecule has 1 N–H and O–H groups in total. The Morgan fingerprint density at radius 3 is 2.17 bits per heavy atom. The minimum atomic E-state index is 0.576. The molecule has 2 fully saturated rings. The molecule has 2 aromatic rings. The standard InChI is InChI=1S/C21H26N2O/c1-2-7-19(8-3-1)24-20-11-9-18(10-12-20)21(17-5-4-6-17)23-15-13-22-14-16-23/h1-3,7-12,17,21-22H,4-6,13-16H2/t21-/m0/s1. The second-order valence-corrected chi connectivity index (χ2v) is 6.91. The van der Waals surface area contributed by atoms with E-state index in [1.807, 2.05) is 30.3 Å². The number of piperazine rings is 1. The summed E-state index contributed by atoms with van der Waals surface area (Å²) in [5.74, 6) is 2.63. The van der Waals surface area contributed by atoms with Crippen molar-refractivity contribution in [3.05, 3.63) is 60.2 Å². The van der Waals surface area contributed by atoms with E-state index in [2.05, 4.69) is 34.5 Å². The minimum absolute atomic E-state index is 0.576. The van der Waals surface area contributed by atoms with Gasteiger partial charge >= 0.3 is 0 Å². The van der Waals surface area contributed by atoms with Crippen LogP contribution in [-0.2, 0) is 0 Å². The Kier molecular flexibility index (Phi) is 4.81. The van der Waals surface area contributed by atoms with Gasteiger partial charge in [-0.25, -0.2) is 0 Å². The molecular formula is C21H26N2O. The van der Waals surface area contributed by atoms with Crippen molar-refractivity contribution in [2.75, 3.05) is 26.2 Å². The molecule has 4 rings (SSSR count). The van der Waals surface area contributed by atoms with Crippen molar-refractivity contribution in [1.29, 1.82) is 0 Å². The number of benzene rings is 2. The number of nitrogens with zero attached hydrogens (tertiary/aromatic N) is 1. The van der Waals surface area contributed by atoms with E-state index in [1.165, 1.54) is 24.8 Å². The van der Waals surface area contributed by atoms with Crippen LogP contribution >= 0.6 is 0 Å². The van der Waals surface area contributed by atoms with Crippen LogP contribution in [0.15, 0.2) is 54.6 Å². The van der Waals surface area contributed by atoms with Gasteiger partial charge in [-0.3, -0.25) is 4.90 Å². The first kappa shape index (κ1) is 15.7. The lowest BCUT2D eigenvalue weighted by atomic mass is 9.76. The molecule has 0 bridgehead atoms. The third-order valence-corrected chi connectivity index (χ3v) is 5.34. The van der Waals surface area contributed by atoms with Gasteiger partial charge in [-0.05, 0) is 48.6 Å². The topological polar surface area (TPSA) is 24.5 Å². The van der Waals surface area contributed by atoms with E-state index < -0.39 is 0 Å². The average molecular weight is 322 g/mol. The monoisotopic (exact) mass is 322 g/mol. The Labute approximate surface area is 144 Å². The molecule has 0 aromatic heterocycles. The molecule has 126 valence electrons. The third kappa shape index (κ3) is 3.47. The summed E-state index contributed by atoms with van der Waals surface area (Å²) in [6.07, 6.45) is 4.14. The number of para-hydroxylation sites is 1. The van der Waals surface area contributed by atoms with E-state index in [1.54, 1.807) is 0 Å². The second-order valence-electron chi connectivity index (χ2n) is 6.91. The average Bonchev–Trinajstić information content (AvgIpc) is 2.60. The maximum Gasteiger partial charge on any atom is 0.127 e. The van der Waals surface area contributed by atoms with Gasteiger partial charge < -0.3 is 10.1 Å². The predicted octanol–water partition coefficient (Wildman–Crippen LogP) is 4.23. The maximum absolute atomic E-state index is 5.94. The summed E-state index contributed by atoms with van der Waals surface area (Å²) >= 11 is 0. The van der Waals surface area contributed by atoms with Gasteiger partial charge in [0.15, 0.2) is 0 Å². The molecule has 0 unspecified atom stereocenters. The van der Waals surface area contributed by atoms with Gasteiger partial charge in [0, 0.05) is 32.2 Å². The fourth-order valence-corrected chi connectivity index (χ4v) is 3.85. The number of hydrogen-bond donors (Lipinski definition) is 1. The van der Waals surface area contributed by atoms with Crippen molar-refractivity contribution < 1.29 is 4.74 Å². The highest BCUT2D eigenvalue weighted by Crippen LogP contribution is 2.41. The summed E-state index contributed by atoms with van der Waals surface area (Å²) in [4.78, 5) is 2.67. The molecule has 24 heavy (non-hydrogen) atoms. The predicted molar refractivity (Wildman–Crippen MR) is 97.5 cm³/mol. The molecule has 1 aliphatic heterocycles. The molecule has 3 nitrogen and oxygen atoms in total. The van der Waals surface area contributed by atoms with E-state index >= 15 is 0 Å². The largest absolute Gasteiger partial charge is 0.457 e. The van der Waals surface area contributed by atoms with Gasteiger partial charge in [-0.15, -0.1) is 0 Å². The van der Waals surface area contributed by atoms with Crippen molar-refractivity contribution in [3.63, 3.8) is 0 Å². The first-order chi connectivity index (χ1) is 11.9. The van der Waals surface area contributed by atoms with Crippen molar-refractivity contribution in [2.24, 2.45) is 5.92 Å². The quantitative estimate of drug-likeness (QED) is 0.892. The number of hydrogen-bond acceptors (Lipinski definition) is 3. The van der Waals surface area contributed by atoms with Crippen molar-refractivity contribution in [1.82, 2.24) is 10.2 Å². The molecule has 1 aliphatic carbocycles. The van der Waals surface area contributed by atoms with Crippen LogP contribution in [0, 0.1) is 5.92 Å². The fourth-order valence-electron chi connectivity index (χ4n) is 3.85. The van der Waals surface area contributed by atoms with Crippen LogP contribution in [0.2, 0.25) is 0 Å². The van der Waals surface area contributed by atoms with Crippen molar-refractivity contribution in [3.8, 4) is 11.5 Å². The van der Waals surface area contributed by atoms with Crippen LogP contribution in [0.3, 0.4) is 0 Å². The third-order valence-electron chi connectivity index (χ3n) is 5.34. The summed E-state index contributed by atoms with van der Waals surface area (Å²) < 4.78 is 5.94. The van der Waals surface area contributed by atoms with E-state index in [4.69, 9.17) is 4.74 Å². The molecule has 2 aromatic carbocycles. The van der Waals surface area contributed by atoms with Gasteiger partial charge in [0.1, 0.15) is 11.5 Å². The second kappa shape index (κ2) is 7.37. The SMILES string of the molecule is c1ccc(Oc2ccc([C@H](C3CCC3)N3CCNCC3)cc2)cc1. The maximum atomic E-state index is 5.94. The molecule has 3 heteroatoms. The summed E-state index contributed by atoms with van der Waals surface area (Å²) in [6.45, 7) is 4.53. The van der Waals surface area contributed by atoms with Gasteiger partial charge in [-0.2, -0.15) is 0 Å². The molecular weight excluding hydrogens is 296 g/mol. The Morgan fingerprint density at radius 2 is 1.54 bits per heavy atom. The molecule has 0 amide bonds. The van der Waals surface area contributed by atoms with Gasteiger partial charge in [0.2, 0.25) is 0 Å². The molecule has 1 saturated carbocycles. The van der Waals surface area contributed by atoms with Crippen molar-refractivity contribution >= 4 is 0 Å². The first-order valence-electron chi connectivity index (χ1n) is 9.18. The zero-order chi connectivity index (χ0) is 16.2. The van der Waals surface area contributed by atoms with Crippen LogP contribution in [0.25, 0.3) is 0 Å². The van der Waals surface area contributed by atoms with Crippen LogP contribution < -0.4 is 10.1 Å². The molecule has 1 heterocycles. The summed E-state index contributed by atoms with van der Waals surface area (Å²) in [5, 5.41) is 3.47. The minimum Gasteiger partial charge on any atom is -0.457 e. The van der Waals surface area contributed by atoms with Gasteiger partial charge in [0.05, 0.1) is 0 Å². The lowest BCUT2D eigenvalue weighted by molar-refractivity contribution is 0.0837. The summed E-state index contributed by atoms with van der Waals surface area (Å²) in [5.41, 5.74) is 1.45. The highest BCUT2D eigenvalue weighted by atomic mass is 16.5. The van der Waals surface area contributed by atoms with Crippen LogP contribution in [-0.4, -0.2) is 31.1 Å². The zero-order valence-electron chi connectivity index (χ0n) is 14.2. The normalized spacial score (nSPS) is 20.3. The number of rotatable bonds is 5. The molecule has 2 aliphatic rings. The van der Waals surface area contributed by atoms with Gasteiger partial charge in [0.25, 0.3) is 0 Å². The summed E-state index contributed by atoms with van der Waals surface area (Å²) in [6, 6.07) is 19.3. The first-order valence-corrected chi connectivity index (χ1v) is 9.18. The highest BCUT2D eigenvalue weighted by molar-refractivity contribution is 5.34. The highest BCUT2D eigenvalue weighted by Gasteiger charge is 2.33. The molecule has 1 saturated heterocycles. The fraction of sp³-hybridized carbons (Fsp3) is 0.429. The van der Waals surface area contributed by atoms with E-state index in [-0.39, 0.29) is 0 Å². The lowest BCUT2D eigenvalue weighted by Crippen LogP contribution is -2.47. The Hall–Kier alpha value is -1.84. The Morgan fingerprint density at radius 1 is 0.875 bits per heavy atom. The molecule has 0 radical (unpaired) electrons. The lowest BCUT2D eigenvalue weighted by Gasteiger charge is -2.43. The van der Waals surface area contributed by atoms with Crippen molar-refractivity contribution in [2.45, 2.75) is 25.3 Å². The van der Waals surface area contributed by atoms with Gasteiger partial charge in [-0.1, -0.05) is 36.8 Å². The summed E-state index contributed by atoms with van der Waals surface area (Å²) in [7, 11) is 0.